The van der Waals surface area contributed by atoms with Gasteiger partial charge >= 0.3 is 5.97 Å². The maximum atomic E-state index is 11.9. The first-order valence-electron chi connectivity index (χ1n) is 9.07. The van der Waals surface area contributed by atoms with Crippen LogP contribution in [-0.2, 0) is 15.1 Å². The average Bonchev–Trinajstić information content (AvgIpc) is 3.00. The van der Waals surface area contributed by atoms with E-state index in [-0.39, 0.29) is 11.9 Å². The van der Waals surface area contributed by atoms with Crippen LogP contribution in [0.15, 0.2) is 18.2 Å². The van der Waals surface area contributed by atoms with Crippen molar-refractivity contribution in [2.45, 2.75) is 52.1 Å². The Labute approximate surface area is 153 Å². The number of pyridine rings is 1. The number of rotatable bonds is 5. The Hall–Kier alpha value is -2.41. The van der Waals surface area contributed by atoms with E-state index in [1.807, 2.05) is 39.0 Å². The van der Waals surface area contributed by atoms with Gasteiger partial charge < -0.3 is 15.2 Å². The summed E-state index contributed by atoms with van der Waals surface area (Å²) in [5.41, 5.74) is 1.57. The van der Waals surface area contributed by atoms with E-state index in [0.717, 1.165) is 11.3 Å². The SMILES string of the molecule is CCOC(=O)[C@H]1CC[C@](O)(c2cc(C)cc(Nc3cc(C)[nH]n3)n2)CC1. The molecule has 0 atom stereocenters. The van der Waals surface area contributed by atoms with Gasteiger partial charge in [-0.3, -0.25) is 9.89 Å². The van der Waals surface area contributed by atoms with Crippen molar-refractivity contribution in [1.82, 2.24) is 15.2 Å². The first-order chi connectivity index (χ1) is 12.4. The van der Waals surface area contributed by atoms with E-state index < -0.39 is 5.60 Å². The van der Waals surface area contributed by atoms with Crippen LogP contribution in [0.3, 0.4) is 0 Å². The molecule has 1 fully saturated rings. The zero-order chi connectivity index (χ0) is 18.7. The highest BCUT2D eigenvalue weighted by molar-refractivity contribution is 5.72. The van der Waals surface area contributed by atoms with Gasteiger partial charge in [-0.25, -0.2) is 4.98 Å². The number of aliphatic hydroxyl groups is 1. The molecule has 0 unspecified atom stereocenters. The predicted octanol–water partition coefficient (Wildman–Crippen LogP) is 3.11. The number of ether oxygens (including phenoxy) is 1. The van der Waals surface area contributed by atoms with E-state index in [9.17, 15) is 9.90 Å². The summed E-state index contributed by atoms with van der Waals surface area (Å²) in [6, 6.07) is 5.72. The minimum Gasteiger partial charge on any atom is -0.466 e. The highest BCUT2D eigenvalue weighted by Gasteiger charge is 2.39. The summed E-state index contributed by atoms with van der Waals surface area (Å²) in [5.74, 6) is 1.03. The molecule has 0 aliphatic heterocycles. The molecule has 0 amide bonds. The molecule has 2 aromatic rings. The van der Waals surface area contributed by atoms with Crippen LogP contribution in [0.5, 0.6) is 0 Å². The van der Waals surface area contributed by atoms with Crippen molar-refractivity contribution in [3.8, 4) is 0 Å². The van der Waals surface area contributed by atoms with Crippen molar-refractivity contribution in [2.75, 3.05) is 11.9 Å². The highest BCUT2D eigenvalue weighted by Crippen LogP contribution is 2.40. The Morgan fingerprint density at radius 1 is 1.31 bits per heavy atom. The van der Waals surface area contributed by atoms with Crippen LogP contribution in [0.2, 0.25) is 0 Å². The maximum Gasteiger partial charge on any atom is 0.308 e. The van der Waals surface area contributed by atoms with Gasteiger partial charge in [0, 0.05) is 11.8 Å². The lowest BCUT2D eigenvalue weighted by Crippen LogP contribution is -2.35. The summed E-state index contributed by atoms with van der Waals surface area (Å²) in [6.07, 6.45) is 2.19. The Bertz CT molecular complexity index is 779. The molecule has 7 nitrogen and oxygen atoms in total. The van der Waals surface area contributed by atoms with Gasteiger partial charge in [0.05, 0.1) is 18.2 Å². The monoisotopic (exact) mass is 358 g/mol. The fourth-order valence-corrected chi connectivity index (χ4v) is 3.43. The summed E-state index contributed by atoms with van der Waals surface area (Å²) in [5, 5.41) is 21.3. The third-order valence-electron chi connectivity index (χ3n) is 4.84. The molecule has 0 bridgehead atoms. The zero-order valence-electron chi connectivity index (χ0n) is 15.5. The Morgan fingerprint density at radius 3 is 2.65 bits per heavy atom. The second-order valence-corrected chi connectivity index (χ2v) is 7.03. The molecular formula is C19H26N4O3. The van der Waals surface area contributed by atoms with E-state index in [1.165, 1.54) is 0 Å². The molecule has 0 spiro atoms. The topological polar surface area (TPSA) is 100 Å². The summed E-state index contributed by atoms with van der Waals surface area (Å²) in [6.45, 7) is 6.10. The van der Waals surface area contributed by atoms with Crippen molar-refractivity contribution in [1.29, 1.82) is 0 Å². The Morgan fingerprint density at radius 2 is 2.04 bits per heavy atom. The minimum absolute atomic E-state index is 0.135. The third-order valence-corrected chi connectivity index (χ3v) is 4.84. The van der Waals surface area contributed by atoms with E-state index in [2.05, 4.69) is 20.5 Å². The lowest BCUT2D eigenvalue weighted by atomic mass is 9.76. The number of hydrogen-bond acceptors (Lipinski definition) is 6. The highest BCUT2D eigenvalue weighted by atomic mass is 16.5. The fraction of sp³-hybridized carbons (Fsp3) is 0.526. The van der Waals surface area contributed by atoms with Gasteiger partial charge in [-0.15, -0.1) is 0 Å². The predicted molar refractivity (Wildman–Crippen MR) is 98.1 cm³/mol. The van der Waals surface area contributed by atoms with E-state index in [1.54, 1.807) is 0 Å². The van der Waals surface area contributed by atoms with Crippen molar-refractivity contribution in [3.05, 3.63) is 35.2 Å². The molecule has 3 rings (SSSR count). The Balaban J connectivity index is 1.75. The number of nitrogens with one attached hydrogen (secondary N) is 2. The zero-order valence-corrected chi connectivity index (χ0v) is 15.5. The molecule has 26 heavy (non-hydrogen) atoms. The van der Waals surface area contributed by atoms with Crippen LogP contribution < -0.4 is 5.32 Å². The van der Waals surface area contributed by atoms with Gasteiger partial charge in [-0.1, -0.05) is 0 Å². The standard InChI is InChI=1S/C19H26N4O3/c1-4-26-18(24)14-5-7-19(25,8-6-14)15-9-12(2)10-16(20-15)21-17-11-13(3)22-23-17/h9-11,14,25H,4-8H2,1-3H3,(H2,20,21,22,23)/t14-,19+. The number of nitrogens with zero attached hydrogens (tertiary/aromatic N) is 2. The van der Waals surface area contributed by atoms with Crippen LogP contribution in [-0.4, -0.2) is 32.9 Å². The van der Waals surface area contributed by atoms with E-state index in [4.69, 9.17) is 4.74 Å². The first-order valence-corrected chi connectivity index (χ1v) is 9.07. The van der Waals surface area contributed by atoms with Crippen molar-refractivity contribution >= 4 is 17.6 Å². The van der Waals surface area contributed by atoms with Gasteiger partial charge in [0.1, 0.15) is 11.4 Å². The second-order valence-electron chi connectivity index (χ2n) is 7.03. The number of carbonyl (C=O) groups is 1. The first kappa shape index (κ1) is 18.4. The molecule has 1 aliphatic rings. The van der Waals surface area contributed by atoms with Crippen molar-refractivity contribution in [2.24, 2.45) is 5.92 Å². The Kier molecular flexibility index (Phi) is 5.27. The van der Waals surface area contributed by atoms with Crippen LogP contribution >= 0.6 is 0 Å². The maximum absolute atomic E-state index is 11.9. The molecule has 3 N–H and O–H groups in total. The number of esters is 1. The number of hydrogen-bond donors (Lipinski definition) is 3. The lowest BCUT2D eigenvalue weighted by molar-refractivity contribution is -0.151. The molecule has 0 aromatic carbocycles. The molecular weight excluding hydrogens is 332 g/mol. The smallest absolute Gasteiger partial charge is 0.308 e. The number of H-pyrrole nitrogens is 1. The molecule has 140 valence electrons. The summed E-state index contributed by atoms with van der Waals surface area (Å²) in [4.78, 5) is 16.5. The van der Waals surface area contributed by atoms with Crippen LogP contribution in [0.25, 0.3) is 0 Å². The number of aromatic nitrogens is 3. The van der Waals surface area contributed by atoms with Crippen LogP contribution in [0.1, 0.15) is 49.6 Å². The van der Waals surface area contributed by atoms with E-state index >= 15 is 0 Å². The minimum atomic E-state index is -1.02. The molecule has 2 aromatic heterocycles. The second kappa shape index (κ2) is 7.45. The number of aryl methyl sites for hydroxylation is 2. The van der Waals surface area contributed by atoms with Gasteiger partial charge in [0.15, 0.2) is 5.82 Å². The quantitative estimate of drug-likeness (QED) is 0.710. The van der Waals surface area contributed by atoms with E-state index in [0.29, 0.717) is 49.6 Å². The average molecular weight is 358 g/mol. The van der Waals surface area contributed by atoms with Crippen LogP contribution in [0.4, 0.5) is 11.6 Å². The fourth-order valence-electron chi connectivity index (χ4n) is 3.43. The lowest BCUT2D eigenvalue weighted by Gasteiger charge is -2.35. The molecule has 0 saturated heterocycles. The van der Waals surface area contributed by atoms with Gasteiger partial charge in [-0.2, -0.15) is 5.10 Å². The summed E-state index contributed by atoms with van der Waals surface area (Å²) < 4.78 is 5.11. The molecule has 7 heteroatoms. The third kappa shape index (κ3) is 4.04. The van der Waals surface area contributed by atoms with Gasteiger partial charge in [0.2, 0.25) is 0 Å². The molecule has 0 radical (unpaired) electrons. The van der Waals surface area contributed by atoms with Crippen molar-refractivity contribution < 1.29 is 14.6 Å². The van der Waals surface area contributed by atoms with Gasteiger partial charge in [0.25, 0.3) is 0 Å². The molecule has 1 saturated carbocycles. The normalized spacial score (nSPS) is 22.8. The van der Waals surface area contributed by atoms with Gasteiger partial charge in [-0.05, 0) is 64.2 Å². The molecule has 1 aliphatic carbocycles. The summed E-state index contributed by atoms with van der Waals surface area (Å²) >= 11 is 0. The van der Waals surface area contributed by atoms with Crippen LogP contribution in [0, 0.1) is 19.8 Å². The van der Waals surface area contributed by atoms with Crippen molar-refractivity contribution in [3.63, 3.8) is 0 Å². The largest absolute Gasteiger partial charge is 0.466 e. The summed E-state index contributed by atoms with van der Waals surface area (Å²) in [7, 11) is 0. The number of aromatic amines is 1. The number of carbonyl (C=O) groups excluding carboxylic acids is 1. The number of anilines is 2. The molecule has 2 heterocycles.